The van der Waals surface area contributed by atoms with Gasteiger partial charge in [-0.3, -0.25) is 9.59 Å². The second-order valence-corrected chi connectivity index (χ2v) is 10.1. The highest BCUT2D eigenvalue weighted by Gasteiger charge is 2.37. The number of aryl methyl sites for hydroxylation is 2. The number of ether oxygens (including phenoxy) is 1. The van der Waals surface area contributed by atoms with Crippen LogP contribution < -0.4 is 10.6 Å². The summed E-state index contributed by atoms with van der Waals surface area (Å²) >= 11 is 0. The van der Waals surface area contributed by atoms with E-state index in [0.717, 1.165) is 11.1 Å². The second kappa shape index (κ2) is 12.2. The summed E-state index contributed by atoms with van der Waals surface area (Å²) in [6.07, 6.45) is -0.747. The summed E-state index contributed by atoms with van der Waals surface area (Å²) < 4.78 is 5.34. The SMILES string of the molecule is Cc1ccc(C(C(=O)Nc2ccccc2C)N(CC#N)C(=O)C(NC(=O)OC(C)(C)C)C(C)C)cc1. The molecule has 0 spiro atoms. The van der Waals surface area contributed by atoms with Crippen LogP contribution in [0.3, 0.4) is 0 Å². The Bertz CT molecular complexity index is 1110. The largest absolute Gasteiger partial charge is 0.444 e. The fourth-order valence-corrected chi connectivity index (χ4v) is 3.64. The van der Waals surface area contributed by atoms with Crippen LogP contribution in [0.2, 0.25) is 0 Å². The van der Waals surface area contributed by atoms with Crippen LogP contribution >= 0.6 is 0 Å². The van der Waals surface area contributed by atoms with Crippen LogP contribution in [-0.4, -0.2) is 41.0 Å². The zero-order valence-corrected chi connectivity index (χ0v) is 22.1. The Labute approximate surface area is 213 Å². The van der Waals surface area contributed by atoms with Crippen molar-refractivity contribution in [3.8, 4) is 6.07 Å². The number of anilines is 1. The van der Waals surface area contributed by atoms with E-state index in [9.17, 15) is 19.6 Å². The maximum atomic E-state index is 13.8. The summed E-state index contributed by atoms with van der Waals surface area (Å²) in [4.78, 5) is 41.2. The normalized spacial score (nSPS) is 12.8. The van der Waals surface area contributed by atoms with E-state index in [1.54, 1.807) is 58.9 Å². The number of benzene rings is 2. The fraction of sp³-hybridized carbons (Fsp3) is 0.429. The Hall–Kier alpha value is -3.86. The predicted molar refractivity (Wildman–Crippen MR) is 139 cm³/mol. The Kier molecular flexibility index (Phi) is 9.62. The van der Waals surface area contributed by atoms with Crippen molar-refractivity contribution in [2.24, 2.45) is 5.92 Å². The van der Waals surface area contributed by atoms with Crippen molar-refractivity contribution in [1.29, 1.82) is 5.26 Å². The second-order valence-electron chi connectivity index (χ2n) is 10.1. The van der Waals surface area contributed by atoms with E-state index in [-0.39, 0.29) is 12.5 Å². The Morgan fingerprint density at radius 2 is 1.64 bits per heavy atom. The molecule has 3 amide bonds. The molecule has 0 heterocycles. The number of hydrogen-bond donors (Lipinski definition) is 2. The van der Waals surface area contributed by atoms with Crippen molar-refractivity contribution in [3.63, 3.8) is 0 Å². The molecule has 0 aliphatic rings. The fourth-order valence-electron chi connectivity index (χ4n) is 3.64. The van der Waals surface area contributed by atoms with E-state index in [0.29, 0.717) is 11.3 Å². The topological polar surface area (TPSA) is 112 Å². The van der Waals surface area contributed by atoms with Crippen molar-refractivity contribution in [3.05, 3.63) is 65.2 Å². The average molecular weight is 493 g/mol. The third-order valence-electron chi connectivity index (χ3n) is 5.49. The molecule has 0 radical (unpaired) electrons. The molecule has 8 nitrogen and oxygen atoms in total. The zero-order valence-electron chi connectivity index (χ0n) is 22.1. The quantitative estimate of drug-likeness (QED) is 0.510. The molecule has 0 fully saturated rings. The first-order valence-electron chi connectivity index (χ1n) is 11.9. The first kappa shape index (κ1) is 28.4. The molecule has 0 aliphatic heterocycles. The Morgan fingerprint density at radius 1 is 1.03 bits per heavy atom. The van der Waals surface area contributed by atoms with Crippen molar-refractivity contribution in [1.82, 2.24) is 10.2 Å². The lowest BCUT2D eigenvalue weighted by atomic mass is 9.98. The summed E-state index contributed by atoms with van der Waals surface area (Å²) in [6, 6.07) is 14.4. The van der Waals surface area contributed by atoms with Gasteiger partial charge < -0.3 is 20.3 Å². The van der Waals surface area contributed by atoms with Gasteiger partial charge in [-0.1, -0.05) is 61.9 Å². The highest BCUT2D eigenvalue weighted by Crippen LogP contribution is 2.26. The van der Waals surface area contributed by atoms with Gasteiger partial charge in [0.05, 0.1) is 6.07 Å². The van der Waals surface area contributed by atoms with E-state index in [1.165, 1.54) is 4.90 Å². The molecule has 0 bridgehead atoms. The van der Waals surface area contributed by atoms with E-state index in [1.807, 2.05) is 44.2 Å². The summed E-state index contributed by atoms with van der Waals surface area (Å²) in [5.41, 5.74) is 2.25. The van der Waals surface area contributed by atoms with Crippen molar-refractivity contribution >= 4 is 23.6 Å². The predicted octanol–water partition coefficient (Wildman–Crippen LogP) is 4.88. The van der Waals surface area contributed by atoms with Gasteiger partial charge in [-0.25, -0.2) is 4.79 Å². The third-order valence-corrected chi connectivity index (χ3v) is 5.49. The van der Waals surface area contributed by atoms with Crippen LogP contribution in [0.15, 0.2) is 48.5 Å². The molecular formula is C28H36N4O4. The van der Waals surface area contributed by atoms with E-state index in [4.69, 9.17) is 4.74 Å². The minimum absolute atomic E-state index is 0.329. The van der Waals surface area contributed by atoms with E-state index < -0.39 is 35.6 Å². The summed E-state index contributed by atoms with van der Waals surface area (Å²) in [5.74, 6) is -1.34. The number of nitrogens with zero attached hydrogens (tertiary/aromatic N) is 2. The smallest absolute Gasteiger partial charge is 0.408 e. The number of carbonyl (C=O) groups excluding carboxylic acids is 3. The number of carbonyl (C=O) groups is 3. The molecule has 2 aromatic rings. The highest BCUT2D eigenvalue weighted by atomic mass is 16.6. The summed E-state index contributed by atoms with van der Waals surface area (Å²) in [5, 5.41) is 15.1. The van der Waals surface area contributed by atoms with Gasteiger partial charge in [0.25, 0.3) is 5.91 Å². The molecule has 192 valence electrons. The van der Waals surface area contributed by atoms with Crippen LogP contribution in [0.25, 0.3) is 0 Å². The van der Waals surface area contributed by atoms with Crippen LogP contribution in [0.1, 0.15) is 57.4 Å². The molecule has 36 heavy (non-hydrogen) atoms. The maximum Gasteiger partial charge on any atom is 0.408 e. The monoisotopic (exact) mass is 492 g/mol. The molecule has 2 atom stereocenters. The van der Waals surface area contributed by atoms with Crippen LogP contribution in [-0.2, 0) is 14.3 Å². The summed E-state index contributed by atoms with van der Waals surface area (Å²) in [7, 11) is 0. The van der Waals surface area contributed by atoms with Crippen LogP contribution in [0, 0.1) is 31.1 Å². The molecule has 2 N–H and O–H groups in total. The van der Waals surface area contributed by atoms with Crippen molar-refractivity contribution in [2.45, 2.75) is 66.2 Å². The van der Waals surface area contributed by atoms with Crippen molar-refractivity contribution < 1.29 is 19.1 Å². The number of amides is 3. The molecule has 0 saturated carbocycles. The molecule has 0 saturated heterocycles. The first-order valence-corrected chi connectivity index (χ1v) is 11.9. The third kappa shape index (κ3) is 7.84. The van der Waals surface area contributed by atoms with Crippen molar-refractivity contribution in [2.75, 3.05) is 11.9 Å². The lowest BCUT2D eigenvalue weighted by Crippen LogP contribution is -2.54. The molecule has 2 aromatic carbocycles. The summed E-state index contributed by atoms with van der Waals surface area (Å²) in [6.45, 7) is 12.2. The van der Waals surface area contributed by atoms with Gasteiger partial charge in [0, 0.05) is 5.69 Å². The standard InChI is InChI=1S/C28H36N4O4/c1-18(2)23(31-27(35)36-28(5,6)7)26(34)32(17-16-29)24(21-14-12-19(3)13-15-21)25(33)30-22-11-9-8-10-20(22)4/h8-15,18,23-24H,17H2,1-7H3,(H,30,33)(H,31,35). The Morgan fingerprint density at radius 3 is 2.17 bits per heavy atom. The van der Waals surface area contributed by atoms with Gasteiger partial charge in [0.1, 0.15) is 24.2 Å². The lowest BCUT2D eigenvalue weighted by Gasteiger charge is -2.34. The molecule has 0 aliphatic carbocycles. The van der Waals surface area contributed by atoms with E-state index in [2.05, 4.69) is 10.6 Å². The van der Waals surface area contributed by atoms with Gasteiger partial charge in [0.2, 0.25) is 5.91 Å². The molecule has 8 heteroatoms. The van der Waals surface area contributed by atoms with Gasteiger partial charge >= 0.3 is 6.09 Å². The number of nitriles is 1. The highest BCUT2D eigenvalue weighted by molar-refractivity contribution is 5.99. The minimum Gasteiger partial charge on any atom is -0.444 e. The first-order chi connectivity index (χ1) is 16.8. The number of hydrogen-bond acceptors (Lipinski definition) is 5. The molecular weight excluding hydrogens is 456 g/mol. The molecule has 2 rings (SSSR count). The van der Waals surface area contributed by atoms with Gasteiger partial charge in [-0.2, -0.15) is 5.26 Å². The number of nitrogens with one attached hydrogen (secondary N) is 2. The van der Waals surface area contributed by atoms with Gasteiger partial charge in [0.15, 0.2) is 0 Å². The molecule has 0 aromatic heterocycles. The van der Waals surface area contributed by atoms with Gasteiger partial charge in [-0.15, -0.1) is 0 Å². The van der Waals surface area contributed by atoms with Gasteiger partial charge in [-0.05, 0) is 57.7 Å². The Balaban J connectivity index is 2.49. The number of alkyl carbamates (subject to hydrolysis) is 1. The maximum absolute atomic E-state index is 13.8. The molecule has 2 unspecified atom stereocenters. The van der Waals surface area contributed by atoms with Crippen LogP contribution in [0.4, 0.5) is 10.5 Å². The van der Waals surface area contributed by atoms with E-state index >= 15 is 0 Å². The van der Waals surface area contributed by atoms with Crippen LogP contribution in [0.5, 0.6) is 0 Å². The lowest BCUT2D eigenvalue weighted by molar-refractivity contribution is -0.140. The minimum atomic E-state index is -1.10. The number of rotatable bonds is 8. The average Bonchev–Trinajstić information content (AvgIpc) is 2.78. The zero-order chi connectivity index (χ0) is 27.0. The number of para-hydroxylation sites is 1.